The number of hydrogen-bond donors (Lipinski definition) is 1. The Hall–Kier alpha value is -1.02. The SMILES string of the molecule is CC(C)(C)NCCCCCc1ccc2c(c1)CCCO2. The normalized spacial score (nSPS) is 14.8. The summed E-state index contributed by atoms with van der Waals surface area (Å²) in [4.78, 5) is 0. The lowest BCUT2D eigenvalue weighted by Gasteiger charge is -2.20. The van der Waals surface area contributed by atoms with Crippen LogP contribution in [0.25, 0.3) is 0 Å². The molecule has 0 spiro atoms. The fourth-order valence-corrected chi connectivity index (χ4v) is 2.66. The smallest absolute Gasteiger partial charge is 0.122 e. The second-order valence-electron chi connectivity index (χ2n) is 6.88. The summed E-state index contributed by atoms with van der Waals surface area (Å²) in [6, 6.07) is 6.74. The Labute approximate surface area is 123 Å². The zero-order valence-electron chi connectivity index (χ0n) is 13.3. The predicted octanol–water partition coefficient (Wildman–Crippen LogP) is 4.11. The quantitative estimate of drug-likeness (QED) is 0.789. The van der Waals surface area contributed by atoms with Gasteiger partial charge in [0.15, 0.2) is 0 Å². The molecule has 1 aromatic carbocycles. The molecule has 1 aliphatic heterocycles. The number of benzene rings is 1. The van der Waals surface area contributed by atoms with Gasteiger partial charge in [-0.1, -0.05) is 18.6 Å². The molecule has 2 heteroatoms. The van der Waals surface area contributed by atoms with Gasteiger partial charge in [-0.05, 0) is 76.6 Å². The first kappa shape index (κ1) is 15.4. The lowest BCUT2D eigenvalue weighted by molar-refractivity contribution is 0.288. The van der Waals surface area contributed by atoms with Gasteiger partial charge in [-0.25, -0.2) is 0 Å². The van der Waals surface area contributed by atoms with Crippen molar-refractivity contribution in [3.05, 3.63) is 29.3 Å². The van der Waals surface area contributed by atoms with Crippen molar-refractivity contribution in [3.63, 3.8) is 0 Å². The Bertz CT molecular complexity index is 420. The van der Waals surface area contributed by atoms with Crippen LogP contribution in [-0.4, -0.2) is 18.7 Å². The largest absolute Gasteiger partial charge is 0.493 e. The molecule has 0 unspecified atom stereocenters. The Kier molecular flexibility index (Phi) is 5.47. The van der Waals surface area contributed by atoms with E-state index in [4.69, 9.17) is 4.74 Å². The summed E-state index contributed by atoms with van der Waals surface area (Å²) < 4.78 is 5.66. The van der Waals surface area contributed by atoms with Crippen LogP contribution in [0.3, 0.4) is 0 Å². The fraction of sp³-hybridized carbons (Fsp3) is 0.667. The molecular formula is C18H29NO. The molecule has 1 aliphatic rings. The van der Waals surface area contributed by atoms with Gasteiger partial charge in [0.25, 0.3) is 0 Å². The van der Waals surface area contributed by atoms with Crippen molar-refractivity contribution in [2.45, 2.75) is 64.8 Å². The Morgan fingerprint density at radius 1 is 1.15 bits per heavy atom. The summed E-state index contributed by atoms with van der Waals surface area (Å²) in [6.07, 6.45) is 7.39. The van der Waals surface area contributed by atoms with Gasteiger partial charge in [-0.15, -0.1) is 0 Å². The third-order valence-corrected chi connectivity index (χ3v) is 3.77. The van der Waals surface area contributed by atoms with Crippen LogP contribution in [0.1, 0.15) is 57.6 Å². The van der Waals surface area contributed by atoms with E-state index in [0.717, 1.165) is 25.3 Å². The molecule has 2 rings (SSSR count). The molecule has 112 valence electrons. The first-order valence-corrected chi connectivity index (χ1v) is 8.04. The second-order valence-corrected chi connectivity index (χ2v) is 6.88. The van der Waals surface area contributed by atoms with E-state index >= 15 is 0 Å². The van der Waals surface area contributed by atoms with Gasteiger partial charge in [0.05, 0.1) is 6.61 Å². The van der Waals surface area contributed by atoms with Crippen LogP contribution in [0.4, 0.5) is 0 Å². The third-order valence-electron chi connectivity index (χ3n) is 3.77. The lowest BCUT2D eigenvalue weighted by atomic mass is 10.00. The summed E-state index contributed by atoms with van der Waals surface area (Å²) in [6.45, 7) is 8.68. The third kappa shape index (κ3) is 5.16. The number of ether oxygens (including phenoxy) is 1. The molecule has 1 heterocycles. The molecule has 0 saturated carbocycles. The maximum Gasteiger partial charge on any atom is 0.122 e. The fourth-order valence-electron chi connectivity index (χ4n) is 2.66. The van der Waals surface area contributed by atoms with E-state index in [1.807, 2.05) is 0 Å². The second kappa shape index (κ2) is 7.12. The van der Waals surface area contributed by atoms with Crippen molar-refractivity contribution in [1.29, 1.82) is 0 Å². The zero-order valence-corrected chi connectivity index (χ0v) is 13.3. The van der Waals surface area contributed by atoms with Crippen LogP contribution in [-0.2, 0) is 12.8 Å². The molecule has 0 amide bonds. The van der Waals surface area contributed by atoms with Gasteiger partial charge in [-0.3, -0.25) is 0 Å². The van der Waals surface area contributed by atoms with Gasteiger partial charge in [0.1, 0.15) is 5.75 Å². The van der Waals surface area contributed by atoms with E-state index in [-0.39, 0.29) is 5.54 Å². The summed E-state index contributed by atoms with van der Waals surface area (Å²) >= 11 is 0. The van der Waals surface area contributed by atoms with Crippen molar-refractivity contribution < 1.29 is 4.74 Å². The van der Waals surface area contributed by atoms with E-state index in [1.54, 1.807) is 0 Å². The van der Waals surface area contributed by atoms with Crippen LogP contribution in [0.15, 0.2) is 18.2 Å². The monoisotopic (exact) mass is 275 g/mol. The molecule has 0 atom stereocenters. The van der Waals surface area contributed by atoms with Crippen molar-refractivity contribution in [1.82, 2.24) is 5.32 Å². The van der Waals surface area contributed by atoms with Crippen LogP contribution < -0.4 is 10.1 Å². The maximum absolute atomic E-state index is 5.66. The average molecular weight is 275 g/mol. The minimum absolute atomic E-state index is 0.249. The average Bonchev–Trinajstić information content (AvgIpc) is 2.41. The minimum Gasteiger partial charge on any atom is -0.493 e. The molecule has 1 N–H and O–H groups in total. The highest BCUT2D eigenvalue weighted by Crippen LogP contribution is 2.26. The molecular weight excluding hydrogens is 246 g/mol. The molecule has 0 bridgehead atoms. The van der Waals surface area contributed by atoms with Crippen molar-refractivity contribution in [3.8, 4) is 5.75 Å². The highest BCUT2D eigenvalue weighted by molar-refractivity contribution is 5.38. The van der Waals surface area contributed by atoms with Gasteiger partial charge in [0.2, 0.25) is 0 Å². The Morgan fingerprint density at radius 2 is 2.00 bits per heavy atom. The van der Waals surface area contributed by atoms with Crippen molar-refractivity contribution in [2.75, 3.05) is 13.2 Å². The number of unbranched alkanes of at least 4 members (excludes halogenated alkanes) is 2. The first-order chi connectivity index (χ1) is 9.54. The summed E-state index contributed by atoms with van der Waals surface area (Å²) in [5, 5.41) is 3.54. The topological polar surface area (TPSA) is 21.3 Å². The lowest BCUT2D eigenvalue weighted by Crippen LogP contribution is -2.36. The first-order valence-electron chi connectivity index (χ1n) is 8.04. The molecule has 1 aromatic rings. The number of aryl methyl sites for hydroxylation is 2. The Balaban J connectivity index is 1.67. The summed E-state index contributed by atoms with van der Waals surface area (Å²) in [7, 11) is 0. The van der Waals surface area contributed by atoms with Gasteiger partial charge in [0, 0.05) is 5.54 Å². The summed E-state index contributed by atoms with van der Waals surface area (Å²) in [5.74, 6) is 1.11. The number of hydrogen-bond acceptors (Lipinski definition) is 2. The maximum atomic E-state index is 5.66. The van der Waals surface area contributed by atoms with Crippen LogP contribution in [0.2, 0.25) is 0 Å². The van der Waals surface area contributed by atoms with E-state index in [1.165, 1.54) is 43.2 Å². The standard InChI is InChI=1S/C18H29NO/c1-18(2,3)19-12-6-4-5-8-15-10-11-17-16(14-15)9-7-13-20-17/h10-11,14,19H,4-9,12-13H2,1-3H3. The molecule has 20 heavy (non-hydrogen) atoms. The highest BCUT2D eigenvalue weighted by atomic mass is 16.5. The van der Waals surface area contributed by atoms with Crippen molar-refractivity contribution >= 4 is 0 Å². The summed E-state index contributed by atoms with van der Waals surface area (Å²) in [5.41, 5.74) is 3.12. The van der Waals surface area contributed by atoms with Gasteiger partial charge in [-0.2, -0.15) is 0 Å². The molecule has 0 fully saturated rings. The molecule has 0 aliphatic carbocycles. The van der Waals surface area contributed by atoms with Gasteiger partial charge >= 0.3 is 0 Å². The van der Waals surface area contributed by atoms with Crippen LogP contribution >= 0.6 is 0 Å². The van der Waals surface area contributed by atoms with E-state index in [2.05, 4.69) is 44.3 Å². The van der Waals surface area contributed by atoms with E-state index in [0.29, 0.717) is 0 Å². The van der Waals surface area contributed by atoms with Crippen LogP contribution in [0.5, 0.6) is 5.75 Å². The molecule has 0 saturated heterocycles. The van der Waals surface area contributed by atoms with E-state index < -0.39 is 0 Å². The molecule has 0 aromatic heterocycles. The molecule has 2 nitrogen and oxygen atoms in total. The van der Waals surface area contributed by atoms with Crippen molar-refractivity contribution in [2.24, 2.45) is 0 Å². The van der Waals surface area contributed by atoms with E-state index in [9.17, 15) is 0 Å². The number of fused-ring (bicyclic) bond motifs is 1. The van der Waals surface area contributed by atoms with Crippen LogP contribution in [0, 0.1) is 0 Å². The Morgan fingerprint density at radius 3 is 2.80 bits per heavy atom. The van der Waals surface area contributed by atoms with Gasteiger partial charge < -0.3 is 10.1 Å². The molecule has 0 radical (unpaired) electrons. The minimum atomic E-state index is 0.249. The highest BCUT2D eigenvalue weighted by Gasteiger charge is 2.10. The zero-order chi connectivity index (χ0) is 14.4. The predicted molar refractivity (Wildman–Crippen MR) is 85.6 cm³/mol. The number of rotatable bonds is 6. The number of nitrogens with one attached hydrogen (secondary N) is 1.